The zero-order chi connectivity index (χ0) is 29.9. The van der Waals surface area contributed by atoms with Crippen LogP contribution in [-0.2, 0) is 17.6 Å². The predicted octanol–water partition coefficient (Wildman–Crippen LogP) is 7.48. The molecule has 3 N–H and O–H groups in total. The second-order valence-corrected chi connectivity index (χ2v) is 10.6. The van der Waals surface area contributed by atoms with Gasteiger partial charge < -0.3 is 25.6 Å². The molecular formula is C34H40ClN5O2. The van der Waals surface area contributed by atoms with Crippen LogP contribution in [0.3, 0.4) is 0 Å². The first-order valence-corrected chi connectivity index (χ1v) is 14.7. The Balaban J connectivity index is 0.00000129. The van der Waals surface area contributed by atoms with E-state index in [1.54, 1.807) is 12.2 Å². The number of nitrogens with one attached hydrogen (secondary N) is 3. The molecule has 1 saturated heterocycles. The van der Waals surface area contributed by atoms with Crippen LogP contribution in [0.15, 0.2) is 95.5 Å². The third-order valence-corrected chi connectivity index (χ3v) is 7.22. The van der Waals surface area contributed by atoms with E-state index in [-0.39, 0.29) is 12.1 Å². The molecular weight excluding hydrogens is 546 g/mol. The number of fused-ring (bicyclic) bond motifs is 4. The van der Waals surface area contributed by atoms with Gasteiger partial charge >= 0.3 is 0 Å². The van der Waals surface area contributed by atoms with Gasteiger partial charge in [0.2, 0.25) is 0 Å². The summed E-state index contributed by atoms with van der Waals surface area (Å²) in [6, 6.07) is 22.2. The number of nitrogens with zero attached hydrogens (tertiary/aromatic N) is 2. The smallest absolute Gasteiger partial charge is 0.255 e. The van der Waals surface area contributed by atoms with Crippen molar-refractivity contribution in [1.82, 2.24) is 0 Å². The highest BCUT2D eigenvalue weighted by atomic mass is 35.5. The molecule has 2 heterocycles. The van der Waals surface area contributed by atoms with Gasteiger partial charge in [-0.1, -0.05) is 35.9 Å². The van der Waals surface area contributed by atoms with Gasteiger partial charge in [0.1, 0.15) is 12.0 Å². The molecule has 8 heteroatoms. The first kappa shape index (κ1) is 30.9. The first-order valence-electron chi connectivity index (χ1n) is 14.4. The van der Waals surface area contributed by atoms with E-state index < -0.39 is 0 Å². The number of halogens is 1. The van der Waals surface area contributed by atoms with Crippen LogP contribution in [-0.4, -0.2) is 44.2 Å². The Morgan fingerprint density at radius 3 is 2.43 bits per heavy atom. The first-order chi connectivity index (χ1) is 20.4. The van der Waals surface area contributed by atoms with Gasteiger partial charge in [-0.25, -0.2) is 4.99 Å². The van der Waals surface area contributed by atoms with Crippen molar-refractivity contribution in [2.75, 3.05) is 47.2 Å². The average molecular weight is 586 g/mol. The predicted molar refractivity (Wildman–Crippen MR) is 177 cm³/mol. The third-order valence-electron chi connectivity index (χ3n) is 6.83. The van der Waals surface area contributed by atoms with Crippen molar-refractivity contribution in [2.24, 2.45) is 4.99 Å². The van der Waals surface area contributed by atoms with Crippen molar-refractivity contribution in [3.63, 3.8) is 0 Å². The van der Waals surface area contributed by atoms with Gasteiger partial charge in [-0.15, -0.1) is 6.58 Å². The number of morpholine rings is 1. The molecule has 2 aliphatic rings. The highest BCUT2D eigenvalue weighted by Gasteiger charge is 2.15. The van der Waals surface area contributed by atoms with Crippen LogP contribution in [0.4, 0.5) is 22.7 Å². The van der Waals surface area contributed by atoms with Crippen molar-refractivity contribution < 1.29 is 9.53 Å². The summed E-state index contributed by atoms with van der Waals surface area (Å²) in [6.45, 7) is 12.3. The monoisotopic (exact) mass is 585 g/mol. The number of ether oxygens (including phenoxy) is 1. The normalized spacial score (nSPS) is 18.2. The minimum absolute atomic E-state index is 0.170. The average Bonchev–Trinajstić information content (AvgIpc) is 3.00. The molecule has 0 radical (unpaired) electrons. The van der Waals surface area contributed by atoms with Gasteiger partial charge in [0, 0.05) is 41.4 Å². The maximum absolute atomic E-state index is 13.4. The molecule has 2 aliphatic heterocycles. The van der Waals surface area contributed by atoms with Gasteiger partial charge in [0.15, 0.2) is 0 Å². The molecule has 1 fully saturated rings. The molecule has 0 aliphatic carbocycles. The fourth-order valence-corrected chi connectivity index (χ4v) is 4.92. The number of benzene rings is 3. The lowest BCUT2D eigenvalue weighted by Gasteiger charge is -2.28. The summed E-state index contributed by atoms with van der Waals surface area (Å²) < 4.78 is 5.45. The number of amides is 1. The minimum atomic E-state index is -0.219. The Hall–Kier alpha value is -4.07. The van der Waals surface area contributed by atoms with Crippen LogP contribution in [0, 0.1) is 0 Å². The SMILES string of the molecule is C/C=C(Cl)\C1=N/C(C)Nc2cccc(c2)CCc2cc(cc(C(=O)Nc3ccc(N4CCOCC4)cc3)c2)N1.C=CC. The fraction of sp³-hybridized carbons (Fsp3) is 0.294. The number of amidine groups is 1. The molecule has 1 atom stereocenters. The lowest BCUT2D eigenvalue weighted by atomic mass is 10.0. The Morgan fingerprint density at radius 2 is 1.71 bits per heavy atom. The Bertz CT molecular complexity index is 1430. The second-order valence-electron chi connectivity index (χ2n) is 10.2. The van der Waals surface area contributed by atoms with E-state index in [2.05, 4.69) is 45.6 Å². The minimum Gasteiger partial charge on any atom is -0.378 e. The number of hydrogen-bond donors (Lipinski definition) is 3. The quantitative estimate of drug-likeness (QED) is 0.277. The molecule has 220 valence electrons. The molecule has 4 bridgehead atoms. The summed E-state index contributed by atoms with van der Waals surface area (Å²) in [6.07, 6.45) is 4.97. The van der Waals surface area contributed by atoms with Crippen molar-refractivity contribution in [2.45, 2.75) is 39.8 Å². The maximum atomic E-state index is 13.4. The largest absolute Gasteiger partial charge is 0.378 e. The van der Waals surface area contributed by atoms with E-state index >= 15 is 0 Å². The van der Waals surface area contributed by atoms with Gasteiger partial charge in [-0.3, -0.25) is 4.79 Å². The van der Waals surface area contributed by atoms with E-state index in [9.17, 15) is 4.79 Å². The van der Waals surface area contributed by atoms with E-state index in [0.717, 1.165) is 67.5 Å². The lowest BCUT2D eigenvalue weighted by molar-refractivity contribution is 0.102. The van der Waals surface area contributed by atoms with Crippen molar-refractivity contribution in [3.05, 3.63) is 107 Å². The standard InChI is InChI=1S/C31H34ClN5O2.C3H6/c1-3-29(32)30-34-21(2)33-26-6-4-5-22(18-26)7-8-23-17-24(20-27(19-23)35-30)31(38)36-25-9-11-28(12-10-25)37-13-15-39-16-14-37;1-3-2/h3-6,9-12,17-21,33H,7-8,13-16H2,1-2H3,(H,34,35)(H,36,38);3H,1H2,2H3/b29-3+;. The molecule has 0 saturated carbocycles. The van der Waals surface area contributed by atoms with Crippen molar-refractivity contribution >= 4 is 46.1 Å². The van der Waals surface area contributed by atoms with Crippen LogP contribution < -0.4 is 20.9 Å². The molecule has 1 amide bonds. The summed E-state index contributed by atoms with van der Waals surface area (Å²) in [7, 11) is 0. The van der Waals surface area contributed by atoms with Crippen LogP contribution in [0.25, 0.3) is 0 Å². The topological polar surface area (TPSA) is 78.0 Å². The van der Waals surface area contributed by atoms with Gasteiger partial charge in [-0.2, -0.15) is 0 Å². The molecule has 1 unspecified atom stereocenters. The molecule has 7 nitrogen and oxygen atoms in total. The number of hydrogen-bond acceptors (Lipinski definition) is 6. The Kier molecular flexibility index (Phi) is 11.2. The Labute approximate surface area is 254 Å². The summed E-state index contributed by atoms with van der Waals surface area (Å²) in [5.74, 6) is 0.368. The second kappa shape index (κ2) is 15.2. The molecule has 3 aromatic carbocycles. The molecule has 5 rings (SSSR count). The zero-order valence-corrected chi connectivity index (χ0v) is 25.4. The number of anilines is 4. The van der Waals surface area contributed by atoms with E-state index in [0.29, 0.717) is 16.4 Å². The third kappa shape index (κ3) is 8.71. The van der Waals surface area contributed by atoms with Gasteiger partial charge in [0.05, 0.1) is 18.2 Å². The number of rotatable bonds is 4. The highest BCUT2D eigenvalue weighted by Crippen LogP contribution is 2.24. The number of allylic oxidation sites excluding steroid dienone is 2. The summed E-state index contributed by atoms with van der Waals surface area (Å²) in [5.41, 5.74) is 6.48. The van der Waals surface area contributed by atoms with E-state index in [1.807, 2.05) is 69.3 Å². The van der Waals surface area contributed by atoms with Crippen LogP contribution in [0.2, 0.25) is 0 Å². The van der Waals surface area contributed by atoms with Crippen molar-refractivity contribution in [3.8, 4) is 0 Å². The molecule has 0 spiro atoms. The summed E-state index contributed by atoms with van der Waals surface area (Å²) in [4.78, 5) is 20.5. The Morgan fingerprint density at radius 1 is 1.02 bits per heavy atom. The summed E-state index contributed by atoms with van der Waals surface area (Å²) in [5, 5.41) is 10.4. The van der Waals surface area contributed by atoms with Gasteiger partial charge in [-0.05, 0) is 99.3 Å². The van der Waals surface area contributed by atoms with Crippen LogP contribution >= 0.6 is 11.6 Å². The highest BCUT2D eigenvalue weighted by molar-refractivity contribution is 6.45. The molecule has 0 aromatic heterocycles. The number of aliphatic imine (C=N–C) groups is 1. The number of aryl methyl sites for hydroxylation is 2. The van der Waals surface area contributed by atoms with Gasteiger partial charge in [0.25, 0.3) is 5.91 Å². The van der Waals surface area contributed by atoms with Crippen LogP contribution in [0.1, 0.15) is 42.3 Å². The lowest BCUT2D eigenvalue weighted by Crippen LogP contribution is -2.36. The van der Waals surface area contributed by atoms with E-state index in [1.165, 1.54) is 5.56 Å². The zero-order valence-electron chi connectivity index (χ0n) is 24.6. The molecule has 3 aromatic rings. The van der Waals surface area contributed by atoms with E-state index in [4.69, 9.17) is 21.3 Å². The van der Waals surface area contributed by atoms with Crippen molar-refractivity contribution in [1.29, 1.82) is 0 Å². The maximum Gasteiger partial charge on any atom is 0.255 e. The number of carbonyl (C=O) groups is 1. The summed E-state index contributed by atoms with van der Waals surface area (Å²) >= 11 is 6.54. The van der Waals surface area contributed by atoms with Crippen LogP contribution in [0.5, 0.6) is 0 Å². The fourth-order valence-electron chi connectivity index (χ4n) is 4.82. The number of carbonyl (C=O) groups excluding carboxylic acids is 1. The molecule has 42 heavy (non-hydrogen) atoms.